The van der Waals surface area contributed by atoms with Crippen LogP contribution < -0.4 is 11.4 Å². The summed E-state index contributed by atoms with van der Waals surface area (Å²) in [5, 5.41) is 0. The Balaban J connectivity index is 2.18. The molecule has 0 bridgehead atoms. The molecule has 90 valence electrons. The fraction of sp³-hybridized carbons (Fsp3) is 0.273. The summed E-state index contributed by atoms with van der Waals surface area (Å²) < 4.78 is 0. The second-order valence-corrected chi connectivity index (χ2v) is 4.10. The minimum Gasteiger partial charge on any atom is -0.369 e. The van der Waals surface area contributed by atoms with Gasteiger partial charge in [-0.05, 0) is 24.7 Å². The van der Waals surface area contributed by atoms with Crippen LogP contribution in [0.3, 0.4) is 0 Å². The fourth-order valence-corrected chi connectivity index (χ4v) is 1.81. The van der Waals surface area contributed by atoms with Crippen molar-refractivity contribution in [2.24, 2.45) is 5.73 Å². The monoisotopic (exact) mass is 234 g/mol. The van der Waals surface area contributed by atoms with Crippen molar-refractivity contribution in [2.75, 3.05) is 13.6 Å². The number of amides is 1. The van der Waals surface area contributed by atoms with Crippen LogP contribution in [0.1, 0.15) is 5.56 Å². The highest BCUT2D eigenvalue weighted by atomic mass is 16.1. The number of nitrogens with one attached hydrogen (secondary N) is 2. The summed E-state index contributed by atoms with van der Waals surface area (Å²) in [5.74, 6) is -0.358. The highest BCUT2D eigenvalue weighted by molar-refractivity contribution is 5.76. The van der Waals surface area contributed by atoms with Crippen LogP contribution in [-0.4, -0.2) is 34.4 Å². The zero-order chi connectivity index (χ0) is 12.4. The summed E-state index contributed by atoms with van der Waals surface area (Å²) >= 11 is 0. The number of primary amides is 1. The van der Waals surface area contributed by atoms with Gasteiger partial charge in [-0.1, -0.05) is 6.07 Å². The van der Waals surface area contributed by atoms with Crippen molar-refractivity contribution in [3.8, 4) is 0 Å². The van der Waals surface area contributed by atoms with E-state index in [4.69, 9.17) is 5.73 Å². The van der Waals surface area contributed by atoms with Gasteiger partial charge >= 0.3 is 5.69 Å². The van der Waals surface area contributed by atoms with Crippen molar-refractivity contribution in [1.82, 2.24) is 14.9 Å². The summed E-state index contributed by atoms with van der Waals surface area (Å²) in [6.45, 7) is 0.813. The van der Waals surface area contributed by atoms with Crippen LogP contribution in [0.2, 0.25) is 0 Å². The third-order valence-electron chi connectivity index (χ3n) is 2.46. The molecule has 6 heteroatoms. The van der Waals surface area contributed by atoms with Gasteiger partial charge in [0.05, 0.1) is 17.6 Å². The van der Waals surface area contributed by atoms with Gasteiger partial charge in [0.15, 0.2) is 0 Å². The van der Waals surface area contributed by atoms with Gasteiger partial charge in [-0.15, -0.1) is 0 Å². The van der Waals surface area contributed by atoms with Crippen LogP contribution in [-0.2, 0) is 11.3 Å². The first-order chi connectivity index (χ1) is 8.04. The Morgan fingerprint density at radius 2 is 2.06 bits per heavy atom. The van der Waals surface area contributed by atoms with Gasteiger partial charge in [-0.25, -0.2) is 4.79 Å². The molecule has 0 unspecified atom stereocenters. The number of hydrogen-bond acceptors (Lipinski definition) is 3. The molecule has 0 aliphatic heterocycles. The molecule has 0 spiro atoms. The number of hydrogen-bond donors (Lipinski definition) is 3. The first-order valence-electron chi connectivity index (χ1n) is 5.22. The molecule has 0 saturated carbocycles. The largest absolute Gasteiger partial charge is 0.369 e. The molecule has 1 heterocycles. The van der Waals surface area contributed by atoms with E-state index in [1.54, 1.807) is 0 Å². The molecule has 1 aromatic carbocycles. The van der Waals surface area contributed by atoms with E-state index in [-0.39, 0.29) is 18.1 Å². The lowest BCUT2D eigenvalue weighted by Crippen LogP contribution is -2.30. The number of carbonyl (C=O) groups excluding carboxylic acids is 1. The van der Waals surface area contributed by atoms with E-state index >= 15 is 0 Å². The van der Waals surface area contributed by atoms with E-state index in [9.17, 15) is 9.59 Å². The number of aromatic amines is 2. The second kappa shape index (κ2) is 4.42. The van der Waals surface area contributed by atoms with Gasteiger partial charge < -0.3 is 15.7 Å². The Bertz CT molecular complexity index is 599. The number of H-pyrrole nitrogens is 2. The minimum absolute atomic E-state index is 0.210. The molecule has 2 aromatic rings. The van der Waals surface area contributed by atoms with E-state index in [2.05, 4.69) is 9.97 Å². The Hall–Kier alpha value is -2.08. The van der Waals surface area contributed by atoms with Crippen LogP contribution in [0.4, 0.5) is 0 Å². The molecule has 1 amide bonds. The molecule has 0 atom stereocenters. The average molecular weight is 234 g/mol. The lowest BCUT2D eigenvalue weighted by atomic mass is 10.2. The third kappa shape index (κ3) is 2.73. The first kappa shape index (κ1) is 11.4. The predicted molar refractivity (Wildman–Crippen MR) is 64.4 cm³/mol. The fourth-order valence-electron chi connectivity index (χ4n) is 1.81. The minimum atomic E-state index is -0.358. The van der Waals surface area contributed by atoms with Gasteiger partial charge in [-0.3, -0.25) is 9.69 Å². The Morgan fingerprint density at radius 1 is 1.35 bits per heavy atom. The van der Waals surface area contributed by atoms with Gasteiger partial charge in [0.25, 0.3) is 0 Å². The standard InChI is InChI=1S/C11H14N4O2/c1-15(6-10(12)16)5-7-2-3-8-9(4-7)14-11(17)13-8/h2-4H,5-6H2,1H3,(H2,12,16)(H2,13,14,17). The smallest absolute Gasteiger partial charge is 0.323 e. The van der Waals surface area contributed by atoms with Gasteiger partial charge in [-0.2, -0.15) is 0 Å². The van der Waals surface area contributed by atoms with Crippen molar-refractivity contribution in [2.45, 2.75) is 6.54 Å². The molecular formula is C11H14N4O2. The van der Waals surface area contributed by atoms with E-state index < -0.39 is 0 Å². The summed E-state index contributed by atoms with van der Waals surface area (Å²) in [5.41, 5.74) is 7.44. The summed E-state index contributed by atoms with van der Waals surface area (Å²) in [6, 6.07) is 5.62. The van der Waals surface area contributed by atoms with E-state index in [0.29, 0.717) is 6.54 Å². The van der Waals surface area contributed by atoms with Crippen molar-refractivity contribution in [3.63, 3.8) is 0 Å². The number of aromatic nitrogens is 2. The maximum absolute atomic E-state index is 11.1. The first-order valence-corrected chi connectivity index (χ1v) is 5.22. The van der Waals surface area contributed by atoms with Gasteiger partial charge in [0, 0.05) is 6.54 Å². The van der Waals surface area contributed by atoms with Crippen LogP contribution in [0.15, 0.2) is 23.0 Å². The number of carbonyl (C=O) groups is 1. The van der Waals surface area contributed by atoms with Crippen LogP contribution >= 0.6 is 0 Å². The average Bonchev–Trinajstić information content (AvgIpc) is 2.55. The number of likely N-dealkylation sites (N-methyl/N-ethyl adjacent to an activating group) is 1. The molecule has 0 radical (unpaired) electrons. The molecule has 0 aliphatic rings. The molecule has 0 fully saturated rings. The number of nitrogens with zero attached hydrogens (tertiary/aromatic N) is 1. The van der Waals surface area contributed by atoms with Crippen molar-refractivity contribution in [1.29, 1.82) is 0 Å². The predicted octanol–water partition coefficient (Wildman–Crippen LogP) is -0.227. The zero-order valence-electron chi connectivity index (χ0n) is 9.49. The second-order valence-electron chi connectivity index (χ2n) is 4.10. The van der Waals surface area contributed by atoms with Crippen LogP contribution in [0.25, 0.3) is 11.0 Å². The maximum Gasteiger partial charge on any atom is 0.323 e. The molecule has 17 heavy (non-hydrogen) atoms. The quantitative estimate of drug-likeness (QED) is 0.682. The van der Waals surface area contributed by atoms with Crippen molar-refractivity contribution in [3.05, 3.63) is 34.2 Å². The van der Waals surface area contributed by atoms with E-state index in [1.165, 1.54) is 0 Å². The molecule has 2 rings (SSSR count). The van der Waals surface area contributed by atoms with Gasteiger partial charge in [0.2, 0.25) is 5.91 Å². The highest BCUT2D eigenvalue weighted by Crippen LogP contribution is 2.11. The lowest BCUT2D eigenvalue weighted by Gasteiger charge is -2.14. The summed E-state index contributed by atoms with van der Waals surface area (Å²) in [6.07, 6.45) is 0. The molecular weight excluding hydrogens is 220 g/mol. The molecule has 4 N–H and O–H groups in total. The number of imidazole rings is 1. The summed E-state index contributed by atoms with van der Waals surface area (Å²) in [4.78, 5) is 29.0. The topological polar surface area (TPSA) is 95.0 Å². The zero-order valence-corrected chi connectivity index (χ0v) is 9.49. The summed E-state index contributed by atoms with van der Waals surface area (Å²) in [7, 11) is 1.81. The Morgan fingerprint density at radius 3 is 2.76 bits per heavy atom. The molecule has 6 nitrogen and oxygen atoms in total. The third-order valence-corrected chi connectivity index (χ3v) is 2.46. The normalized spacial score (nSPS) is 11.2. The maximum atomic E-state index is 11.1. The van der Waals surface area contributed by atoms with Crippen LogP contribution in [0.5, 0.6) is 0 Å². The van der Waals surface area contributed by atoms with Gasteiger partial charge in [0.1, 0.15) is 0 Å². The van der Waals surface area contributed by atoms with Crippen molar-refractivity contribution < 1.29 is 4.79 Å². The van der Waals surface area contributed by atoms with E-state index in [0.717, 1.165) is 16.6 Å². The lowest BCUT2D eigenvalue weighted by molar-refractivity contribution is -0.118. The number of nitrogens with two attached hydrogens (primary N) is 1. The van der Waals surface area contributed by atoms with E-state index in [1.807, 2.05) is 30.1 Å². The highest BCUT2D eigenvalue weighted by Gasteiger charge is 2.05. The Labute approximate surface area is 97.4 Å². The van der Waals surface area contributed by atoms with Crippen LogP contribution in [0, 0.1) is 0 Å². The SMILES string of the molecule is CN(CC(N)=O)Cc1ccc2[nH]c(=O)[nH]c2c1. The Kier molecular flexibility index (Phi) is 2.97. The molecule has 1 aromatic heterocycles. The number of fused-ring (bicyclic) bond motifs is 1. The molecule has 0 saturated heterocycles. The van der Waals surface area contributed by atoms with Crippen molar-refractivity contribution >= 4 is 16.9 Å². The number of benzene rings is 1. The molecule has 0 aliphatic carbocycles. The number of rotatable bonds is 4.